The number of hydrogen-bond acceptors (Lipinski definition) is 5. The van der Waals surface area contributed by atoms with Crippen LogP contribution in [0.25, 0.3) is 0 Å². The monoisotopic (exact) mass is 371 g/mol. The molecule has 2 saturated heterocycles. The third-order valence-corrected chi connectivity index (χ3v) is 6.18. The average molecular weight is 371 g/mol. The summed E-state index contributed by atoms with van der Waals surface area (Å²) in [7, 11) is -3.95. The highest BCUT2D eigenvalue weighted by Crippen LogP contribution is 2.29. The molecule has 10 heteroatoms. The van der Waals surface area contributed by atoms with Crippen LogP contribution >= 0.6 is 0 Å². The predicted octanol–water partition coefficient (Wildman–Crippen LogP) is 0.356. The lowest BCUT2D eigenvalue weighted by atomic mass is 9.90. The maximum absolute atomic E-state index is 13.0. The summed E-state index contributed by atoms with van der Waals surface area (Å²) >= 11 is 0. The van der Waals surface area contributed by atoms with Gasteiger partial charge in [-0.3, -0.25) is 14.8 Å². The van der Waals surface area contributed by atoms with Crippen molar-refractivity contribution in [2.24, 2.45) is 0 Å². The Hall–Kier alpha value is -1.88. The first-order valence-electron chi connectivity index (χ1n) is 7.86. The van der Waals surface area contributed by atoms with E-state index in [-0.39, 0.29) is 29.9 Å². The van der Waals surface area contributed by atoms with Gasteiger partial charge in [-0.1, -0.05) is 12.1 Å². The Labute approximate surface area is 144 Å². The highest BCUT2D eigenvalue weighted by atomic mass is 32.2. The Bertz CT molecular complexity index is 775. The number of nitrogens with one attached hydrogen (secondary N) is 1. The molecule has 2 N–H and O–H groups in total. The fourth-order valence-electron chi connectivity index (χ4n) is 3.13. The Kier molecular flexibility index (Phi) is 4.87. The third-order valence-electron chi connectivity index (χ3n) is 4.55. The molecular formula is C15H18FN3O5S. The lowest BCUT2D eigenvalue weighted by molar-refractivity contribution is -0.171. The van der Waals surface area contributed by atoms with Crippen LogP contribution < -0.4 is 4.72 Å². The van der Waals surface area contributed by atoms with Crippen molar-refractivity contribution in [3.05, 3.63) is 35.6 Å². The number of carbonyl (C=O) groups excluding carboxylic acids is 2. The number of piperidine rings is 1. The topological polar surface area (TPSA) is 107 Å². The van der Waals surface area contributed by atoms with Crippen LogP contribution in [0.4, 0.5) is 4.39 Å². The maximum atomic E-state index is 13.0. The van der Waals surface area contributed by atoms with E-state index in [0.717, 1.165) is 5.56 Å². The molecule has 0 bridgehead atoms. The first-order valence-corrected chi connectivity index (χ1v) is 9.30. The first kappa shape index (κ1) is 17.9. The average Bonchev–Trinajstić information content (AvgIpc) is 2.82. The minimum atomic E-state index is -3.95. The molecule has 1 aromatic rings. The summed E-state index contributed by atoms with van der Waals surface area (Å²) in [5.74, 6) is -2.00. The summed E-state index contributed by atoms with van der Waals surface area (Å²) in [6, 6.07) is 4.87. The van der Waals surface area contributed by atoms with Gasteiger partial charge in [-0.25, -0.2) is 4.39 Å². The summed E-state index contributed by atoms with van der Waals surface area (Å²) in [5.41, 5.74) is 0.957. The van der Waals surface area contributed by atoms with E-state index in [2.05, 4.69) is 4.72 Å². The molecule has 2 aliphatic rings. The summed E-state index contributed by atoms with van der Waals surface area (Å²) in [5, 5.41) is 9.12. The molecule has 2 aliphatic heterocycles. The van der Waals surface area contributed by atoms with Crippen molar-refractivity contribution in [2.45, 2.75) is 31.2 Å². The summed E-state index contributed by atoms with van der Waals surface area (Å²) in [6.45, 7) is 0.490. The highest BCUT2D eigenvalue weighted by molar-refractivity contribution is 7.87. The molecule has 25 heavy (non-hydrogen) atoms. The second-order valence-corrected chi connectivity index (χ2v) is 7.85. The summed E-state index contributed by atoms with van der Waals surface area (Å²) in [6.07, 6.45) is 0.729. The molecule has 0 spiro atoms. The van der Waals surface area contributed by atoms with Gasteiger partial charge in [-0.05, 0) is 36.5 Å². The van der Waals surface area contributed by atoms with E-state index < -0.39 is 34.5 Å². The zero-order valence-corrected chi connectivity index (χ0v) is 14.1. The van der Waals surface area contributed by atoms with Gasteiger partial charge in [0.2, 0.25) is 0 Å². The number of amides is 2. The molecule has 2 fully saturated rings. The van der Waals surface area contributed by atoms with Crippen molar-refractivity contribution >= 4 is 22.0 Å². The quantitative estimate of drug-likeness (QED) is 0.587. The summed E-state index contributed by atoms with van der Waals surface area (Å²) < 4.78 is 41.2. The van der Waals surface area contributed by atoms with E-state index in [0.29, 0.717) is 12.8 Å². The van der Waals surface area contributed by atoms with Crippen LogP contribution in [-0.2, 0) is 19.8 Å². The van der Waals surface area contributed by atoms with E-state index in [1.807, 2.05) is 0 Å². The number of nitrogens with zero attached hydrogens (tertiary/aromatic N) is 2. The molecule has 0 radical (unpaired) electrons. The number of hydroxylamine groups is 2. The van der Waals surface area contributed by atoms with E-state index in [4.69, 9.17) is 0 Å². The molecule has 1 atom stereocenters. The van der Waals surface area contributed by atoms with Gasteiger partial charge in [0.1, 0.15) is 11.9 Å². The molecule has 1 aromatic carbocycles. The Morgan fingerprint density at radius 2 is 1.72 bits per heavy atom. The molecule has 3 rings (SSSR count). The minimum absolute atomic E-state index is 0.0616. The van der Waals surface area contributed by atoms with Gasteiger partial charge in [-0.15, -0.1) is 0 Å². The van der Waals surface area contributed by atoms with Crippen LogP contribution in [0, 0.1) is 5.82 Å². The van der Waals surface area contributed by atoms with Crippen LogP contribution in [0.5, 0.6) is 0 Å². The fraction of sp³-hybridized carbons (Fsp3) is 0.467. The van der Waals surface area contributed by atoms with Crippen LogP contribution in [0.1, 0.15) is 30.7 Å². The molecule has 0 aliphatic carbocycles. The Balaban J connectivity index is 1.61. The van der Waals surface area contributed by atoms with Crippen LogP contribution in [0.3, 0.4) is 0 Å². The van der Waals surface area contributed by atoms with Gasteiger partial charge in [0.25, 0.3) is 22.0 Å². The van der Waals surface area contributed by atoms with Gasteiger partial charge in [-0.2, -0.15) is 22.5 Å². The van der Waals surface area contributed by atoms with Gasteiger partial charge >= 0.3 is 0 Å². The Morgan fingerprint density at radius 1 is 1.12 bits per heavy atom. The van der Waals surface area contributed by atoms with Crippen molar-refractivity contribution in [1.82, 2.24) is 14.1 Å². The van der Waals surface area contributed by atoms with Gasteiger partial charge in [0, 0.05) is 13.1 Å². The van der Waals surface area contributed by atoms with Crippen molar-refractivity contribution in [3.8, 4) is 0 Å². The summed E-state index contributed by atoms with van der Waals surface area (Å²) in [4.78, 5) is 22.9. The number of halogens is 1. The zero-order valence-electron chi connectivity index (χ0n) is 13.3. The van der Waals surface area contributed by atoms with Crippen LogP contribution in [0.2, 0.25) is 0 Å². The molecule has 0 saturated carbocycles. The van der Waals surface area contributed by atoms with Gasteiger partial charge < -0.3 is 0 Å². The molecule has 0 unspecified atom stereocenters. The van der Waals surface area contributed by atoms with Crippen LogP contribution in [0.15, 0.2) is 24.3 Å². The minimum Gasteiger partial charge on any atom is -0.278 e. The van der Waals surface area contributed by atoms with E-state index in [1.165, 1.54) is 16.4 Å². The van der Waals surface area contributed by atoms with Crippen molar-refractivity contribution in [1.29, 1.82) is 0 Å². The van der Waals surface area contributed by atoms with E-state index in [9.17, 15) is 27.6 Å². The van der Waals surface area contributed by atoms with E-state index in [1.54, 1.807) is 12.1 Å². The SMILES string of the molecule is O=C1C[C@H](NS(=O)(=O)N2CCC(c3ccc(F)cc3)CC2)C(=O)N1O. The largest absolute Gasteiger partial charge is 0.280 e. The normalized spacial score (nSPS) is 23.4. The Morgan fingerprint density at radius 3 is 2.24 bits per heavy atom. The van der Waals surface area contributed by atoms with Gasteiger partial charge in [0.15, 0.2) is 0 Å². The standard InChI is InChI=1S/C15H18FN3O5S/c16-12-3-1-10(2-4-12)11-5-7-18(8-6-11)25(23,24)17-13-9-14(20)19(22)15(13)21/h1-4,11,13,17,22H,5-9H2/t13-/m0/s1. The predicted molar refractivity (Wildman–Crippen MR) is 84.0 cm³/mol. The van der Waals surface area contributed by atoms with Crippen LogP contribution in [-0.4, -0.2) is 53.9 Å². The van der Waals surface area contributed by atoms with Crippen molar-refractivity contribution in [3.63, 3.8) is 0 Å². The molecule has 2 heterocycles. The zero-order chi connectivity index (χ0) is 18.2. The number of rotatable bonds is 4. The number of imide groups is 1. The maximum Gasteiger partial charge on any atom is 0.280 e. The fourth-order valence-corrected chi connectivity index (χ4v) is 4.51. The number of carbonyl (C=O) groups is 2. The smallest absolute Gasteiger partial charge is 0.278 e. The van der Waals surface area contributed by atoms with Crippen molar-refractivity contribution in [2.75, 3.05) is 13.1 Å². The van der Waals surface area contributed by atoms with E-state index >= 15 is 0 Å². The molecule has 136 valence electrons. The van der Waals surface area contributed by atoms with Crippen molar-refractivity contribution < 1.29 is 27.6 Å². The number of benzene rings is 1. The van der Waals surface area contributed by atoms with Gasteiger partial charge in [0.05, 0.1) is 6.42 Å². The molecular weight excluding hydrogens is 353 g/mol. The highest BCUT2D eigenvalue weighted by Gasteiger charge is 2.41. The number of hydrogen-bond donors (Lipinski definition) is 2. The molecule has 0 aromatic heterocycles. The lowest BCUT2D eigenvalue weighted by Gasteiger charge is -2.31. The molecule has 8 nitrogen and oxygen atoms in total. The molecule has 2 amide bonds. The second kappa shape index (κ2) is 6.79. The first-order chi connectivity index (χ1) is 11.8. The third kappa shape index (κ3) is 3.71. The second-order valence-electron chi connectivity index (χ2n) is 6.15. The lowest BCUT2D eigenvalue weighted by Crippen LogP contribution is -2.50.